The topological polar surface area (TPSA) is 146 Å². The monoisotopic (exact) mass is 762 g/mol. The standard InChI is InChI=1S/C42H47FN8O5/c1-42(12-13-42)56-27-2-5-33-31(20-27)39(48-47-33)34-21-36(45-23-44-34)50-16-10-26(11-17-50)55-28-18-25(19-28)49-14-8-24(9-15-49)29-3-4-30-32(38(29)43)22-51(41(30)54)35-6-7-37(52)46-40(35)53/h2-5,20-21,23-26,28,35H,6-19,22H2,1H3,(H,47,48)(H,46,52,53). The molecule has 3 amide bonds. The Bertz CT molecular complexity index is 2200. The third-order valence-corrected chi connectivity index (χ3v) is 13.1. The Morgan fingerprint density at radius 2 is 1.71 bits per heavy atom. The molecule has 0 spiro atoms. The van der Waals surface area contributed by atoms with Crippen molar-refractivity contribution in [1.29, 1.82) is 0 Å². The fourth-order valence-electron chi connectivity index (χ4n) is 9.42. The van der Waals surface area contributed by atoms with E-state index in [1.165, 1.54) is 4.90 Å². The summed E-state index contributed by atoms with van der Waals surface area (Å²) in [7, 11) is 0. The van der Waals surface area contributed by atoms with Gasteiger partial charge in [0.15, 0.2) is 0 Å². The number of hydrogen-bond acceptors (Lipinski definition) is 10. The van der Waals surface area contributed by atoms with Gasteiger partial charge in [-0.05, 0) is 114 Å². The van der Waals surface area contributed by atoms with Crippen LogP contribution in [0, 0.1) is 5.82 Å². The first kappa shape index (κ1) is 35.5. The molecule has 0 radical (unpaired) electrons. The lowest BCUT2D eigenvalue weighted by atomic mass is 9.83. The molecule has 56 heavy (non-hydrogen) atoms. The molecular formula is C42H47FN8O5. The molecule has 5 fully saturated rings. The van der Waals surface area contributed by atoms with Gasteiger partial charge in [0.25, 0.3) is 5.91 Å². The van der Waals surface area contributed by atoms with Crippen molar-refractivity contribution < 1.29 is 28.2 Å². The molecule has 2 aromatic heterocycles. The van der Waals surface area contributed by atoms with Crippen LogP contribution in [0.4, 0.5) is 10.2 Å². The molecule has 292 valence electrons. The van der Waals surface area contributed by atoms with Crippen LogP contribution in [0.25, 0.3) is 22.3 Å². The molecule has 13 nitrogen and oxygen atoms in total. The zero-order chi connectivity index (χ0) is 38.1. The molecule has 14 heteroatoms. The van der Waals surface area contributed by atoms with Crippen LogP contribution >= 0.6 is 0 Å². The number of H-pyrrole nitrogens is 1. The Kier molecular flexibility index (Phi) is 8.81. The van der Waals surface area contributed by atoms with Gasteiger partial charge in [-0.1, -0.05) is 6.07 Å². The number of aromatic nitrogens is 4. The number of piperidine rings is 3. The quantitative estimate of drug-likeness (QED) is 0.217. The third kappa shape index (κ3) is 6.59. The third-order valence-electron chi connectivity index (χ3n) is 13.1. The Morgan fingerprint density at radius 1 is 0.911 bits per heavy atom. The van der Waals surface area contributed by atoms with Crippen molar-refractivity contribution in [2.75, 3.05) is 31.1 Å². The highest BCUT2D eigenvalue weighted by Gasteiger charge is 2.43. The van der Waals surface area contributed by atoms with Crippen LogP contribution in [-0.2, 0) is 20.9 Å². The van der Waals surface area contributed by atoms with Gasteiger partial charge in [0, 0.05) is 48.1 Å². The number of fused-ring (bicyclic) bond motifs is 2. The SMILES string of the molecule is CC1(Oc2ccc3n[nH]c(-c4cc(N5CCC(OC6CC(N7CCC(c8ccc9c(c8F)CN(C8CCC(=O)NC8=O)C9=O)CC7)C6)CC5)ncn4)c3c2)CC1. The average Bonchev–Trinajstić information content (AvgIpc) is 3.60. The molecule has 4 aromatic rings. The molecule has 1 unspecified atom stereocenters. The minimum absolute atomic E-state index is 0.0539. The summed E-state index contributed by atoms with van der Waals surface area (Å²) in [6.45, 7) is 5.75. The maximum atomic E-state index is 16.0. The first-order chi connectivity index (χ1) is 27.2. The van der Waals surface area contributed by atoms with Crippen molar-refractivity contribution in [1.82, 2.24) is 35.3 Å². The summed E-state index contributed by atoms with van der Waals surface area (Å²) in [5.41, 5.74) is 3.86. The first-order valence-corrected chi connectivity index (χ1v) is 20.3. The fraction of sp³-hybridized carbons (Fsp3) is 0.524. The zero-order valence-corrected chi connectivity index (χ0v) is 31.6. The van der Waals surface area contributed by atoms with Gasteiger partial charge in [0.05, 0.1) is 35.7 Å². The summed E-state index contributed by atoms with van der Waals surface area (Å²) in [5, 5.41) is 11.0. The highest BCUT2D eigenvalue weighted by molar-refractivity contribution is 6.05. The molecule has 4 aliphatic heterocycles. The summed E-state index contributed by atoms with van der Waals surface area (Å²) < 4.78 is 28.8. The second-order valence-electron chi connectivity index (χ2n) is 16.9. The van der Waals surface area contributed by atoms with E-state index in [4.69, 9.17) is 9.47 Å². The summed E-state index contributed by atoms with van der Waals surface area (Å²) in [5.74, 6) is 0.360. The Hall–Kier alpha value is -4.95. The molecule has 10 rings (SSSR count). The molecule has 2 aromatic carbocycles. The lowest BCUT2D eigenvalue weighted by Crippen LogP contribution is -2.52. The molecular weight excluding hydrogens is 716 g/mol. The zero-order valence-electron chi connectivity index (χ0n) is 31.6. The van der Waals surface area contributed by atoms with Gasteiger partial charge in [0.1, 0.15) is 35.4 Å². The molecule has 6 heterocycles. The number of ether oxygens (including phenoxy) is 2. The van der Waals surface area contributed by atoms with Gasteiger partial charge >= 0.3 is 0 Å². The van der Waals surface area contributed by atoms with E-state index in [0.717, 1.165) is 111 Å². The molecule has 1 atom stereocenters. The van der Waals surface area contributed by atoms with Gasteiger partial charge in [-0.3, -0.25) is 24.8 Å². The van der Waals surface area contributed by atoms with Crippen LogP contribution in [0.1, 0.15) is 98.5 Å². The molecule has 3 saturated heterocycles. The number of rotatable bonds is 9. The number of amides is 3. The van der Waals surface area contributed by atoms with Gasteiger partial charge in [-0.15, -0.1) is 0 Å². The summed E-state index contributed by atoms with van der Waals surface area (Å²) in [6.07, 6.45) is 10.4. The number of benzene rings is 2. The lowest BCUT2D eigenvalue weighted by molar-refractivity contribution is -0.136. The van der Waals surface area contributed by atoms with Gasteiger partial charge in [0.2, 0.25) is 11.8 Å². The number of likely N-dealkylation sites (tertiary alicyclic amines) is 1. The lowest BCUT2D eigenvalue weighted by Gasteiger charge is -2.47. The maximum absolute atomic E-state index is 16.0. The van der Waals surface area contributed by atoms with Crippen molar-refractivity contribution in [3.63, 3.8) is 0 Å². The predicted molar refractivity (Wildman–Crippen MR) is 205 cm³/mol. The average molecular weight is 763 g/mol. The van der Waals surface area contributed by atoms with Crippen LogP contribution in [0.5, 0.6) is 5.75 Å². The minimum atomic E-state index is -0.749. The largest absolute Gasteiger partial charge is 0.488 e. The van der Waals surface area contributed by atoms with E-state index in [-0.39, 0.29) is 60.7 Å². The normalized spacial score (nSPS) is 25.7. The molecule has 2 saturated carbocycles. The number of nitrogens with zero attached hydrogens (tertiary/aromatic N) is 6. The van der Waals surface area contributed by atoms with E-state index >= 15 is 4.39 Å². The number of nitrogens with one attached hydrogen (secondary N) is 2. The van der Waals surface area contributed by atoms with E-state index in [9.17, 15) is 14.4 Å². The number of imide groups is 1. The van der Waals surface area contributed by atoms with E-state index in [1.54, 1.807) is 18.5 Å². The van der Waals surface area contributed by atoms with Crippen molar-refractivity contribution in [2.24, 2.45) is 0 Å². The number of carbonyl (C=O) groups is 3. The summed E-state index contributed by atoms with van der Waals surface area (Å²) in [6, 6.07) is 11.3. The van der Waals surface area contributed by atoms with E-state index < -0.39 is 11.9 Å². The summed E-state index contributed by atoms with van der Waals surface area (Å²) >= 11 is 0. The number of aromatic amines is 1. The van der Waals surface area contributed by atoms with Crippen molar-refractivity contribution in [3.05, 3.63) is 65.2 Å². The second kappa shape index (κ2) is 13.9. The fourth-order valence-corrected chi connectivity index (χ4v) is 9.42. The highest BCUT2D eigenvalue weighted by atomic mass is 19.1. The van der Waals surface area contributed by atoms with Crippen LogP contribution in [0.3, 0.4) is 0 Å². The summed E-state index contributed by atoms with van der Waals surface area (Å²) in [4.78, 5) is 52.7. The smallest absolute Gasteiger partial charge is 0.255 e. The highest BCUT2D eigenvalue weighted by Crippen LogP contribution is 2.42. The van der Waals surface area contributed by atoms with Gasteiger partial charge in [-0.2, -0.15) is 5.10 Å². The minimum Gasteiger partial charge on any atom is -0.488 e. The number of carbonyl (C=O) groups excluding carboxylic acids is 3. The molecule has 6 aliphatic rings. The van der Waals surface area contributed by atoms with E-state index in [0.29, 0.717) is 22.7 Å². The van der Waals surface area contributed by atoms with E-state index in [1.807, 2.05) is 18.2 Å². The van der Waals surface area contributed by atoms with Crippen LogP contribution in [0.15, 0.2) is 42.7 Å². The van der Waals surface area contributed by atoms with Crippen molar-refractivity contribution in [2.45, 2.75) is 113 Å². The van der Waals surface area contributed by atoms with Crippen LogP contribution < -0.4 is 15.0 Å². The first-order valence-electron chi connectivity index (χ1n) is 20.3. The van der Waals surface area contributed by atoms with Crippen molar-refractivity contribution >= 4 is 34.4 Å². The predicted octanol–water partition coefficient (Wildman–Crippen LogP) is 5.25. The Morgan fingerprint density at radius 3 is 2.48 bits per heavy atom. The van der Waals surface area contributed by atoms with Gasteiger partial charge < -0.3 is 24.2 Å². The number of halogens is 1. The number of hydrogen-bond donors (Lipinski definition) is 2. The Labute approximate surface area is 324 Å². The Balaban J connectivity index is 0.690. The molecule has 2 aliphatic carbocycles. The molecule has 0 bridgehead atoms. The van der Waals surface area contributed by atoms with Crippen LogP contribution in [0.2, 0.25) is 0 Å². The van der Waals surface area contributed by atoms with Gasteiger partial charge in [-0.25, -0.2) is 14.4 Å². The van der Waals surface area contributed by atoms with E-state index in [2.05, 4.69) is 48.3 Å². The maximum Gasteiger partial charge on any atom is 0.255 e. The van der Waals surface area contributed by atoms with Crippen LogP contribution in [-0.4, -0.2) is 104 Å². The second-order valence-corrected chi connectivity index (χ2v) is 16.9. The van der Waals surface area contributed by atoms with Crippen molar-refractivity contribution in [3.8, 4) is 17.1 Å². The molecule has 2 N–H and O–H groups in total. The number of anilines is 1.